The van der Waals surface area contributed by atoms with Gasteiger partial charge >= 0.3 is 6.11 Å². The summed E-state index contributed by atoms with van der Waals surface area (Å²) in [5.41, 5.74) is -0.400. The van der Waals surface area contributed by atoms with E-state index in [-0.39, 0.29) is 5.92 Å². The van der Waals surface area contributed by atoms with Crippen molar-refractivity contribution in [1.29, 1.82) is 0 Å². The summed E-state index contributed by atoms with van der Waals surface area (Å²) in [7, 11) is 1.71. The molecule has 0 spiro atoms. The zero-order valence-electron chi connectivity index (χ0n) is 19.9. The van der Waals surface area contributed by atoms with Gasteiger partial charge in [-0.15, -0.1) is 0 Å². The van der Waals surface area contributed by atoms with Gasteiger partial charge in [-0.3, -0.25) is 0 Å². The lowest BCUT2D eigenvalue weighted by atomic mass is 9.77. The molecule has 35 heavy (non-hydrogen) atoms. The van der Waals surface area contributed by atoms with Gasteiger partial charge in [0, 0.05) is 25.8 Å². The van der Waals surface area contributed by atoms with Crippen LogP contribution in [0, 0.1) is 29.2 Å². The summed E-state index contributed by atoms with van der Waals surface area (Å²) >= 11 is 0. The quantitative estimate of drug-likeness (QED) is 0.164. The van der Waals surface area contributed by atoms with Gasteiger partial charge in [0.15, 0.2) is 17.5 Å². The number of hydrogen-bond donors (Lipinski definition) is 0. The average Bonchev–Trinajstić information content (AvgIpc) is 2.82. The number of methoxy groups -OCH3 is 1. The molecule has 2 aromatic carbocycles. The van der Waals surface area contributed by atoms with Crippen molar-refractivity contribution in [3.8, 4) is 5.75 Å². The summed E-state index contributed by atoms with van der Waals surface area (Å²) in [6.07, 6.45) is 6.69. The Morgan fingerprint density at radius 1 is 0.800 bits per heavy atom. The second-order valence-electron chi connectivity index (χ2n) is 9.33. The van der Waals surface area contributed by atoms with E-state index < -0.39 is 40.7 Å². The molecule has 2 aromatic rings. The van der Waals surface area contributed by atoms with Crippen LogP contribution < -0.4 is 4.74 Å². The van der Waals surface area contributed by atoms with Crippen LogP contribution in [0.5, 0.6) is 5.75 Å². The third-order valence-corrected chi connectivity index (χ3v) is 6.79. The summed E-state index contributed by atoms with van der Waals surface area (Å²) in [6.45, 7) is 0.810. The summed E-state index contributed by atoms with van der Waals surface area (Å²) in [5, 5.41) is 0. The van der Waals surface area contributed by atoms with Gasteiger partial charge < -0.3 is 9.47 Å². The van der Waals surface area contributed by atoms with Gasteiger partial charge in [-0.2, -0.15) is 8.78 Å². The van der Waals surface area contributed by atoms with Crippen molar-refractivity contribution in [1.82, 2.24) is 0 Å². The van der Waals surface area contributed by atoms with Crippen molar-refractivity contribution in [2.24, 2.45) is 5.92 Å². The fraction of sp³-hybridized carbons (Fsp3) is 0.556. The van der Waals surface area contributed by atoms with E-state index >= 15 is 0 Å². The molecule has 194 valence electrons. The van der Waals surface area contributed by atoms with E-state index in [1.807, 2.05) is 0 Å². The van der Waals surface area contributed by atoms with E-state index in [9.17, 15) is 26.3 Å². The zero-order valence-corrected chi connectivity index (χ0v) is 19.9. The number of rotatable bonds is 12. The monoisotopic (exact) mass is 502 g/mol. The fourth-order valence-corrected chi connectivity index (χ4v) is 4.81. The molecule has 1 aliphatic carbocycles. The number of hydrogen-bond acceptors (Lipinski definition) is 2. The second-order valence-corrected chi connectivity index (χ2v) is 9.33. The van der Waals surface area contributed by atoms with Gasteiger partial charge in [-0.25, -0.2) is 17.6 Å². The van der Waals surface area contributed by atoms with E-state index in [1.54, 1.807) is 7.11 Å². The molecule has 0 bridgehead atoms. The molecule has 1 saturated carbocycles. The standard InChI is InChI=1S/C27H32F6O2/c1-34-14-6-4-2-3-5-7-18-8-10-19(11-9-18)20-12-13-22(23(28)15-20)27(32,33)35-21-16-24(29)26(31)25(30)17-21/h12-13,15-19H,2-11,14H2,1H3. The van der Waals surface area contributed by atoms with E-state index in [4.69, 9.17) is 4.74 Å². The highest BCUT2D eigenvalue weighted by atomic mass is 19.3. The predicted molar refractivity (Wildman–Crippen MR) is 122 cm³/mol. The molecule has 0 amide bonds. The van der Waals surface area contributed by atoms with Crippen LogP contribution in [0.2, 0.25) is 0 Å². The van der Waals surface area contributed by atoms with Crippen molar-refractivity contribution in [3.05, 3.63) is 64.7 Å². The van der Waals surface area contributed by atoms with E-state index in [0.717, 1.165) is 50.8 Å². The Labute approximate surface area is 202 Å². The highest BCUT2D eigenvalue weighted by Gasteiger charge is 2.38. The number of halogens is 6. The largest absolute Gasteiger partial charge is 0.429 e. The first kappa shape index (κ1) is 27.4. The molecule has 0 N–H and O–H groups in total. The maximum Gasteiger partial charge on any atom is 0.429 e. The first-order chi connectivity index (χ1) is 16.7. The Kier molecular flexibility index (Phi) is 9.89. The fourth-order valence-electron chi connectivity index (χ4n) is 4.81. The molecule has 0 aromatic heterocycles. The third kappa shape index (κ3) is 7.63. The van der Waals surface area contributed by atoms with Gasteiger partial charge in [0.05, 0.1) is 5.56 Å². The molecular formula is C27H32F6O2. The van der Waals surface area contributed by atoms with Crippen LogP contribution >= 0.6 is 0 Å². The maximum absolute atomic E-state index is 14.6. The molecule has 0 radical (unpaired) electrons. The summed E-state index contributed by atoms with van der Waals surface area (Å²) in [4.78, 5) is 0. The Bertz CT molecular complexity index is 934. The lowest BCUT2D eigenvalue weighted by Crippen LogP contribution is -2.24. The molecule has 2 nitrogen and oxygen atoms in total. The molecule has 3 rings (SSSR count). The van der Waals surface area contributed by atoms with Crippen LogP contribution in [-0.4, -0.2) is 13.7 Å². The molecule has 1 fully saturated rings. The Balaban J connectivity index is 1.52. The highest BCUT2D eigenvalue weighted by Crippen LogP contribution is 2.40. The van der Waals surface area contributed by atoms with Crippen molar-refractivity contribution in [2.75, 3.05) is 13.7 Å². The number of unbranched alkanes of at least 4 members (excludes halogenated alkanes) is 4. The average molecular weight is 503 g/mol. The van der Waals surface area contributed by atoms with Crippen molar-refractivity contribution in [3.63, 3.8) is 0 Å². The SMILES string of the molecule is COCCCCCCCC1CCC(c2ccc(C(F)(F)Oc3cc(F)c(F)c(F)c3)c(F)c2)CC1. The molecular weight excluding hydrogens is 470 g/mol. The van der Waals surface area contributed by atoms with Crippen molar-refractivity contribution in [2.45, 2.75) is 76.2 Å². The molecule has 8 heteroatoms. The topological polar surface area (TPSA) is 18.5 Å². The van der Waals surface area contributed by atoms with Gasteiger partial charge in [0.2, 0.25) is 0 Å². The summed E-state index contributed by atoms with van der Waals surface area (Å²) in [6, 6.07) is 4.06. The van der Waals surface area contributed by atoms with Crippen LogP contribution in [0.4, 0.5) is 26.3 Å². The number of benzene rings is 2. The lowest BCUT2D eigenvalue weighted by molar-refractivity contribution is -0.187. The van der Waals surface area contributed by atoms with Gasteiger partial charge in [-0.05, 0) is 61.6 Å². The van der Waals surface area contributed by atoms with Crippen LogP contribution in [0.3, 0.4) is 0 Å². The van der Waals surface area contributed by atoms with Gasteiger partial charge in [-0.1, -0.05) is 38.2 Å². The summed E-state index contributed by atoms with van der Waals surface area (Å²) < 4.78 is 92.7. The minimum absolute atomic E-state index is 0.0960. The van der Waals surface area contributed by atoms with Crippen LogP contribution in [-0.2, 0) is 10.8 Å². The minimum Gasteiger partial charge on any atom is -0.429 e. The normalized spacial score (nSPS) is 18.6. The smallest absolute Gasteiger partial charge is 0.429 e. The van der Waals surface area contributed by atoms with E-state index in [0.29, 0.717) is 23.6 Å². The van der Waals surface area contributed by atoms with Crippen LogP contribution in [0.15, 0.2) is 30.3 Å². The van der Waals surface area contributed by atoms with E-state index in [2.05, 4.69) is 4.74 Å². The van der Waals surface area contributed by atoms with Crippen LogP contribution in [0.1, 0.15) is 81.3 Å². The zero-order chi connectivity index (χ0) is 25.4. The van der Waals surface area contributed by atoms with Crippen LogP contribution in [0.25, 0.3) is 0 Å². The molecule has 1 aliphatic rings. The van der Waals surface area contributed by atoms with E-state index in [1.165, 1.54) is 38.2 Å². The molecule has 0 unspecified atom stereocenters. The second kappa shape index (κ2) is 12.7. The molecule has 0 saturated heterocycles. The number of alkyl halides is 2. The molecule has 0 heterocycles. The number of ether oxygens (including phenoxy) is 2. The predicted octanol–water partition coefficient (Wildman–Crippen LogP) is 8.63. The molecule has 0 aliphatic heterocycles. The van der Waals surface area contributed by atoms with Crippen molar-refractivity contribution < 1.29 is 35.8 Å². The van der Waals surface area contributed by atoms with Crippen molar-refractivity contribution >= 4 is 0 Å². The first-order valence-corrected chi connectivity index (χ1v) is 12.2. The Morgan fingerprint density at radius 2 is 1.43 bits per heavy atom. The minimum atomic E-state index is -4.19. The highest BCUT2D eigenvalue weighted by molar-refractivity contribution is 5.31. The first-order valence-electron chi connectivity index (χ1n) is 12.2. The maximum atomic E-state index is 14.6. The van der Waals surface area contributed by atoms with Gasteiger partial charge in [0.25, 0.3) is 0 Å². The Hall–Kier alpha value is -2.22. The lowest BCUT2D eigenvalue weighted by Gasteiger charge is -2.29. The summed E-state index contributed by atoms with van der Waals surface area (Å²) in [5.74, 6) is -6.52. The van der Waals surface area contributed by atoms with Gasteiger partial charge in [0.1, 0.15) is 11.6 Å². The molecule has 0 atom stereocenters. The Morgan fingerprint density at radius 3 is 2.06 bits per heavy atom. The third-order valence-electron chi connectivity index (χ3n) is 6.79.